The second-order valence-corrected chi connectivity index (χ2v) is 4.97. The highest BCUT2D eigenvalue weighted by molar-refractivity contribution is 6.00. The van der Waals surface area contributed by atoms with Gasteiger partial charge in [-0.2, -0.15) is 0 Å². The molecule has 0 N–H and O–H groups in total. The van der Waals surface area contributed by atoms with Gasteiger partial charge in [-0.1, -0.05) is 41.5 Å². The third-order valence-electron chi connectivity index (χ3n) is 3.37. The minimum absolute atomic E-state index is 0.179. The first kappa shape index (κ1) is 13.6. The molecule has 0 radical (unpaired) electrons. The fourth-order valence-corrected chi connectivity index (χ4v) is 2.28. The van der Waals surface area contributed by atoms with Gasteiger partial charge in [0.15, 0.2) is 0 Å². The van der Waals surface area contributed by atoms with Crippen LogP contribution in [0.3, 0.4) is 0 Å². The first-order chi connectivity index (χ1) is 9.11. The largest absolute Gasteiger partial charge is 0.463 e. The fourth-order valence-electron chi connectivity index (χ4n) is 2.28. The standard InChI is InChI=1S/C17H20O2/c1-4-19-17(18)15-10-7-13(3)11-16(15)14-8-5-12(2)6-9-14/h5-6,8-9,11H,4,7,10H2,1-3H3. The third-order valence-corrected chi connectivity index (χ3v) is 3.37. The average Bonchev–Trinajstić information content (AvgIpc) is 2.39. The second kappa shape index (κ2) is 5.87. The van der Waals surface area contributed by atoms with Crippen LogP contribution in [0, 0.1) is 6.92 Å². The molecule has 0 amide bonds. The molecular weight excluding hydrogens is 236 g/mol. The van der Waals surface area contributed by atoms with Crippen LogP contribution in [0.1, 0.15) is 37.8 Å². The van der Waals surface area contributed by atoms with Gasteiger partial charge in [0.25, 0.3) is 0 Å². The predicted molar refractivity (Wildman–Crippen MR) is 77.7 cm³/mol. The number of carbonyl (C=O) groups is 1. The number of aryl methyl sites for hydroxylation is 1. The van der Waals surface area contributed by atoms with Crippen LogP contribution in [0.15, 0.2) is 41.5 Å². The Kier molecular flexibility index (Phi) is 4.20. The highest BCUT2D eigenvalue weighted by atomic mass is 16.5. The van der Waals surface area contributed by atoms with Crippen molar-refractivity contribution in [1.82, 2.24) is 0 Å². The summed E-state index contributed by atoms with van der Waals surface area (Å²) in [6.45, 7) is 6.43. The van der Waals surface area contributed by atoms with Gasteiger partial charge < -0.3 is 4.74 Å². The summed E-state index contributed by atoms with van der Waals surface area (Å²) in [6.07, 6.45) is 3.81. The zero-order chi connectivity index (χ0) is 13.8. The number of esters is 1. The van der Waals surface area contributed by atoms with Crippen LogP contribution in [0.5, 0.6) is 0 Å². The summed E-state index contributed by atoms with van der Waals surface area (Å²) in [6, 6.07) is 8.28. The lowest BCUT2D eigenvalue weighted by atomic mass is 9.88. The van der Waals surface area contributed by atoms with E-state index in [2.05, 4.69) is 44.2 Å². The molecule has 100 valence electrons. The Balaban J connectivity index is 2.45. The molecule has 0 atom stereocenters. The maximum absolute atomic E-state index is 12.0. The van der Waals surface area contributed by atoms with E-state index < -0.39 is 0 Å². The van der Waals surface area contributed by atoms with E-state index in [1.165, 1.54) is 11.1 Å². The smallest absolute Gasteiger partial charge is 0.334 e. The number of hydrogen-bond acceptors (Lipinski definition) is 2. The number of hydrogen-bond donors (Lipinski definition) is 0. The Labute approximate surface area is 114 Å². The van der Waals surface area contributed by atoms with Crippen LogP contribution >= 0.6 is 0 Å². The van der Waals surface area contributed by atoms with E-state index >= 15 is 0 Å². The Bertz CT molecular complexity index is 533. The van der Waals surface area contributed by atoms with Crippen molar-refractivity contribution in [2.45, 2.75) is 33.6 Å². The molecule has 1 aromatic carbocycles. The van der Waals surface area contributed by atoms with Crippen LogP contribution in [0.2, 0.25) is 0 Å². The van der Waals surface area contributed by atoms with Gasteiger partial charge in [0, 0.05) is 5.57 Å². The summed E-state index contributed by atoms with van der Waals surface area (Å²) in [5, 5.41) is 0. The number of rotatable bonds is 3. The van der Waals surface area contributed by atoms with Crippen molar-refractivity contribution >= 4 is 11.5 Å². The van der Waals surface area contributed by atoms with Crippen LogP contribution in [-0.4, -0.2) is 12.6 Å². The third kappa shape index (κ3) is 3.14. The van der Waals surface area contributed by atoms with E-state index in [0.29, 0.717) is 6.61 Å². The molecule has 2 nitrogen and oxygen atoms in total. The van der Waals surface area contributed by atoms with Crippen molar-refractivity contribution in [3.05, 3.63) is 52.6 Å². The molecule has 1 aromatic rings. The summed E-state index contributed by atoms with van der Waals surface area (Å²) in [5.41, 5.74) is 5.44. The van der Waals surface area contributed by atoms with Crippen molar-refractivity contribution in [1.29, 1.82) is 0 Å². The maximum atomic E-state index is 12.0. The first-order valence-electron chi connectivity index (χ1n) is 6.76. The number of ether oxygens (including phenoxy) is 1. The maximum Gasteiger partial charge on any atom is 0.334 e. The molecule has 0 unspecified atom stereocenters. The van der Waals surface area contributed by atoms with Crippen LogP contribution in [0.4, 0.5) is 0 Å². The molecule has 0 aliphatic heterocycles. The molecule has 0 fully saturated rings. The van der Waals surface area contributed by atoms with E-state index in [1.54, 1.807) is 0 Å². The second-order valence-electron chi connectivity index (χ2n) is 4.97. The van der Waals surface area contributed by atoms with E-state index in [1.807, 2.05) is 6.92 Å². The van der Waals surface area contributed by atoms with Crippen LogP contribution in [-0.2, 0) is 9.53 Å². The lowest BCUT2D eigenvalue weighted by Crippen LogP contribution is -2.12. The quantitative estimate of drug-likeness (QED) is 0.762. The number of benzene rings is 1. The van der Waals surface area contributed by atoms with Crippen molar-refractivity contribution in [2.24, 2.45) is 0 Å². The summed E-state index contributed by atoms with van der Waals surface area (Å²) >= 11 is 0. The topological polar surface area (TPSA) is 26.3 Å². The Morgan fingerprint density at radius 3 is 2.47 bits per heavy atom. The SMILES string of the molecule is CCOC(=O)C1=C(c2ccc(C)cc2)C=C(C)CC1. The van der Waals surface area contributed by atoms with Gasteiger partial charge in [0.05, 0.1) is 6.61 Å². The highest BCUT2D eigenvalue weighted by Crippen LogP contribution is 2.31. The van der Waals surface area contributed by atoms with E-state index in [4.69, 9.17) is 4.74 Å². The zero-order valence-electron chi connectivity index (χ0n) is 11.8. The van der Waals surface area contributed by atoms with Crippen molar-refractivity contribution in [3.63, 3.8) is 0 Å². The molecule has 19 heavy (non-hydrogen) atoms. The van der Waals surface area contributed by atoms with E-state index in [-0.39, 0.29) is 5.97 Å². The lowest BCUT2D eigenvalue weighted by Gasteiger charge is -2.18. The summed E-state index contributed by atoms with van der Waals surface area (Å²) in [7, 11) is 0. The zero-order valence-corrected chi connectivity index (χ0v) is 11.8. The Morgan fingerprint density at radius 1 is 1.16 bits per heavy atom. The number of allylic oxidation sites excluding steroid dienone is 3. The molecule has 0 heterocycles. The molecule has 2 rings (SSSR count). The molecule has 0 saturated heterocycles. The molecule has 0 bridgehead atoms. The van der Waals surface area contributed by atoms with Crippen molar-refractivity contribution < 1.29 is 9.53 Å². The normalized spacial score (nSPS) is 15.2. The number of carbonyl (C=O) groups excluding carboxylic acids is 1. The van der Waals surface area contributed by atoms with Crippen molar-refractivity contribution in [3.8, 4) is 0 Å². The fraction of sp³-hybridized carbons (Fsp3) is 0.353. The van der Waals surface area contributed by atoms with Gasteiger partial charge in [-0.15, -0.1) is 0 Å². The average molecular weight is 256 g/mol. The van der Waals surface area contributed by atoms with Gasteiger partial charge in [0.2, 0.25) is 0 Å². The van der Waals surface area contributed by atoms with Gasteiger partial charge >= 0.3 is 5.97 Å². The van der Waals surface area contributed by atoms with E-state index in [9.17, 15) is 4.79 Å². The molecule has 0 aromatic heterocycles. The van der Waals surface area contributed by atoms with Gasteiger partial charge in [-0.25, -0.2) is 4.79 Å². The molecule has 1 aliphatic rings. The van der Waals surface area contributed by atoms with Crippen LogP contribution in [0.25, 0.3) is 5.57 Å². The molecule has 1 aliphatic carbocycles. The molecule has 2 heteroatoms. The predicted octanol–water partition coefficient (Wildman–Crippen LogP) is 4.05. The van der Waals surface area contributed by atoms with Crippen LogP contribution < -0.4 is 0 Å². The Morgan fingerprint density at radius 2 is 1.84 bits per heavy atom. The lowest BCUT2D eigenvalue weighted by molar-refractivity contribution is -0.138. The minimum Gasteiger partial charge on any atom is -0.463 e. The molecular formula is C17H20O2. The van der Waals surface area contributed by atoms with Gasteiger partial charge in [-0.3, -0.25) is 0 Å². The van der Waals surface area contributed by atoms with Gasteiger partial charge in [0.1, 0.15) is 0 Å². The summed E-state index contributed by atoms with van der Waals surface area (Å²) in [5.74, 6) is -0.179. The Hall–Kier alpha value is -1.83. The van der Waals surface area contributed by atoms with Gasteiger partial charge in [-0.05, 0) is 44.7 Å². The van der Waals surface area contributed by atoms with Crippen molar-refractivity contribution in [2.75, 3.05) is 6.61 Å². The molecule has 0 saturated carbocycles. The molecule has 0 spiro atoms. The van der Waals surface area contributed by atoms with E-state index in [0.717, 1.165) is 29.6 Å². The monoisotopic (exact) mass is 256 g/mol. The summed E-state index contributed by atoms with van der Waals surface area (Å²) in [4.78, 5) is 12.0. The minimum atomic E-state index is -0.179. The first-order valence-corrected chi connectivity index (χ1v) is 6.76. The summed E-state index contributed by atoms with van der Waals surface area (Å²) < 4.78 is 5.17. The highest BCUT2D eigenvalue weighted by Gasteiger charge is 2.20.